The normalized spacial score (nSPS) is 19.5. The molecule has 1 aliphatic heterocycles. The van der Waals surface area contributed by atoms with Gasteiger partial charge in [-0.1, -0.05) is 29.7 Å². The largest absolute Gasteiger partial charge is 0.389 e. The van der Waals surface area contributed by atoms with Crippen molar-refractivity contribution in [1.29, 1.82) is 0 Å². The average molecular weight is 324 g/mol. The molecule has 0 spiro atoms. The van der Waals surface area contributed by atoms with Crippen molar-refractivity contribution in [3.63, 3.8) is 0 Å². The van der Waals surface area contributed by atoms with Gasteiger partial charge in [-0.25, -0.2) is 0 Å². The molecule has 0 aliphatic carbocycles. The fourth-order valence-electron chi connectivity index (χ4n) is 2.76. The molecule has 2 rings (SSSR count). The van der Waals surface area contributed by atoms with Crippen LogP contribution in [0.15, 0.2) is 24.3 Å². The van der Waals surface area contributed by atoms with Crippen molar-refractivity contribution in [1.82, 2.24) is 4.90 Å². The number of nitrogens with zero attached hydrogens (tertiary/aromatic N) is 1. The Morgan fingerprint density at radius 1 is 1.32 bits per heavy atom. The van der Waals surface area contributed by atoms with E-state index in [1.807, 2.05) is 12.1 Å². The molecule has 4 nitrogen and oxygen atoms in total. The summed E-state index contributed by atoms with van der Waals surface area (Å²) in [6.07, 6.45) is 5.79. The van der Waals surface area contributed by atoms with Crippen molar-refractivity contribution >= 4 is 11.6 Å². The topological polar surface area (TPSA) is 52.9 Å². The predicted molar refractivity (Wildman–Crippen MR) is 86.7 cm³/mol. The van der Waals surface area contributed by atoms with Crippen molar-refractivity contribution in [3.8, 4) is 12.3 Å². The van der Waals surface area contributed by atoms with Crippen LogP contribution in [0.3, 0.4) is 0 Å². The van der Waals surface area contributed by atoms with E-state index in [4.69, 9.17) is 22.8 Å². The van der Waals surface area contributed by atoms with Gasteiger partial charge in [0.15, 0.2) is 0 Å². The summed E-state index contributed by atoms with van der Waals surface area (Å²) in [7, 11) is 0. The van der Waals surface area contributed by atoms with Crippen LogP contribution < -0.4 is 0 Å². The molecule has 22 heavy (non-hydrogen) atoms. The number of hydrogen-bond donors (Lipinski definition) is 2. The highest BCUT2D eigenvalue weighted by molar-refractivity contribution is 6.30. The number of aliphatic hydroxyl groups excluding tert-OH is 1. The fourth-order valence-corrected chi connectivity index (χ4v) is 2.88. The van der Waals surface area contributed by atoms with Gasteiger partial charge in [-0.3, -0.25) is 0 Å². The Balaban J connectivity index is 1.82. The Labute approximate surface area is 136 Å². The SMILES string of the molecule is C#CCOCC(O)CN1CCC(O)(c2ccc(Cl)cc2)CC1. The lowest BCUT2D eigenvalue weighted by atomic mass is 9.84. The molecule has 0 aromatic heterocycles. The molecule has 0 amide bonds. The first-order chi connectivity index (χ1) is 10.5. The second-order valence-electron chi connectivity index (χ2n) is 5.71. The van der Waals surface area contributed by atoms with Gasteiger partial charge >= 0.3 is 0 Å². The van der Waals surface area contributed by atoms with Crippen molar-refractivity contribution < 1.29 is 14.9 Å². The van der Waals surface area contributed by atoms with Gasteiger partial charge in [0.05, 0.1) is 18.3 Å². The summed E-state index contributed by atoms with van der Waals surface area (Å²) in [6.45, 7) is 2.44. The van der Waals surface area contributed by atoms with E-state index >= 15 is 0 Å². The van der Waals surface area contributed by atoms with Crippen molar-refractivity contribution in [2.75, 3.05) is 32.8 Å². The number of β-amino-alcohol motifs (C(OH)–C–C–N with tert-alkyl or cyclic N) is 1. The zero-order valence-electron chi connectivity index (χ0n) is 12.5. The zero-order chi connectivity index (χ0) is 16.0. The molecule has 1 aromatic rings. The molecule has 1 saturated heterocycles. The summed E-state index contributed by atoms with van der Waals surface area (Å²) in [5, 5.41) is 21.3. The van der Waals surface area contributed by atoms with Gasteiger partial charge in [0, 0.05) is 24.7 Å². The zero-order valence-corrected chi connectivity index (χ0v) is 13.3. The molecule has 1 heterocycles. The summed E-state index contributed by atoms with van der Waals surface area (Å²) >= 11 is 5.89. The van der Waals surface area contributed by atoms with E-state index in [1.54, 1.807) is 12.1 Å². The number of hydrogen-bond acceptors (Lipinski definition) is 4. The number of benzene rings is 1. The first-order valence-electron chi connectivity index (χ1n) is 7.43. The summed E-state index contributed by atoms with van der Waals surface area (Å²) < 4.78 is 5.13. The van der Waals surface area contributed by atoms with E-state index in [0.717, 1.165) is 18.7 Å². The van der Waals surface area contributed by atoms with Crippen LogP contribution in [0.1, 0.15) is 18.4 Å². The number of piperidine rings is 1. The van der Waals surface area contributed by atoms with Crippen LogP contribution in [0.25, 0.3) is 0 Å². The third-order valence-corrected chi connectivity index (χ3v) is 4.28. The van der Waals surface area contributed by atoms with Crippen LogP contribution in [0.4, 0.5) is 0 Å². The van der Waals surface area contributed by atoms with Crippen molar-refractivity contribution in [2.24, 2.45) is 0 Å². The third kappa shape index (κ3) is 4.70. The summed E-state index contributed by atoms with van der Waals surface area (Å²) in [5.41, 5.74) is 0.0842. The van der Waals surface area contributed by atoms with Crippen LogP contribution in [0.5, 0.6) is 0 Å². The van der Waals surface area contributed by atoms with Gasteiger partial charge in [0.25, 0.3) is 0 Å². The molecule has 120 valence electrons. The van der Waals surface area contributed by atoms with Crippen LogP contribution >= 0.6 is 11.6 Å². The molecule has 1 aromatic carbocycles. The second kappa shape index (κ2) is 7.96. The summed E-state index contributed by atoms with van der Waals surface area (Å²) in [6, 6.07) is 7.35. The molecule has 0 radical (unpaired) electrons. The minimum Gasteiger partial charge on any atom is -0.389 e. The van der Waals surface area contributed by atoms with E-state index in [1.165, 1.54) is 0 Å². The summed E-state index contributed by atoms with van der Waals surface area (Å²) in [5.74, 6) is 2.37. The Morgan fingerprint density at radius 3 is 2.55 bits per heavy atom. The van der Waals surface area contributed by atoms with Gasteiger partial charge < -0.3 is 19.8 Å². The molecular weight excluding hydrogens is 302 g/mol. The second-order valence-corrected chi connectivity index (χ2v) is 6.15. The van der Waals surface area contributed by atoms with Crippen molar-refractivity contribution in [2.45, 2.75) is 24.5 Å². The van der Waals surface area contributed by atoms with Gasteiger partial charge in [-0.05, 0) is 30.5 Å². The van der Waals surface area contributed by atoms with E-state index in [9.17, 15) is 10.2 Å². The summed E-state index contributed by atoms with van der Waals surface area (Å²) in [4.78, 5) is 2.13. The molecular formula is C17H22ClNO3. The Kier molecular flexibility index (Phi) is 6.25. The molecule has 1 aliphatic rings. The minimum atomic E-state index is -0.813. The Bertz CT molecular complexity index is 504. The van der Waals surface area contributed by atoms with Gasteiger partial charge in [0.1, 0.15) is 6.61 Å². The fraction of sp³-hybridized carbons (Fsp3) is 0.529. The van der Waals surface area contributed by atoms with Crippen LogP contribution in [0, 0.1) is 12.3 Å². The van der Waals surface area contributed by atoms with Crippen LogP contribution in [-0.4, -0.2) is 54.1 Å². The predicted octanol–water partition coefficient (Wildman–Crippen LogP) is 1.63. The monoisotopic (exact) mass is 323 g/mol. The number of likely N-dealkylation sites (tertiary alicyclic amines) is 1. The lowest BCUT2D eigenvalue weighted by Crippen LogP contribution is -2.45. The maximum atomic E-state index is 10.8. The Morgan fingerprint density at radius 2 is 1.95 bits per heavy atom. The molecule has 1 fully saturated rings. The quantitative estimate of drug-likeness (QED) is 0.617. The maximum absolute atomic E-state index is 10.8. The first kappa shape index (κ1) is 17.3. The van der Waals surface area contributed by atoms with Crippen molar-refractivity contribution in [3.05, 3.63) is 34.9 Å². The molecule has 1 atom stereocenters. The number of ether oxygens (including phenoxy) is 1. The molecule has 1 unspecified atom stereocenters. The molecule has 5 heteroatoms. The molecule has 0 saturated carbocycles. The first-order valence-corrected chi connectivity index (χ1v) is 7.81. The highest BCUT2D eigenvalue weighted by Gasteiger charge is 2.34. The van der Waals surface area contributed by atoms with E-state index in [0.29, 0.717) is 24.4 Å². The van der Waals surface area contributed by atoms with Gasteiger partial charge in [0.2, 0.25) is 0 Å². The number of terminal acetylenes is 1. The smallest absolute Gasteiger partial charge is 0.107 e. The molecule has 2 N–H and O–H groups in total. The van der Waals surface area contributed by atoms with Gasteiger partial charge in [-0.2, -0.15) is 0 Å². The van der Waals surface area contributed by atoms with E-state index in [-0.39, 0.29) is 13.2 Å². The van der Waals surface area contributed by atoms with E-state index < -0.39 is 11.7 Å². The average Bonchev–Trinajstić information content (AvgIpc) is 2.51. The third-order valence-electron chi connectivity index (χ3n) is 4.03. The van der Waals surface area contributed by atoms with E-state index in [2.05, 4.69) is 10.8 Å². The maximum Gasteiger partial charge on any atom is 0.107 e. The Hall–Kier alpha value is -1.09. The lowest BCUT2D eigenvalue weighted by Gasteiger charge is -2.39. The number of aliphatic hydroxyl groups is 2. The highest BCUT2D eigenvalue weighted by Crippen LogP contribution is 2.33. The highest BCUT2D eigenvalue weighted by atomic mass is 35.5. The standard InChI is InChI=1S/C17H22ClNO3/c1-2-11-22-13-16(20)12-19-9-7-17(21,8-10-19)14-3-5-15(18)6-4-14/h1,3-6,16,20-21H,7-13H2. The molecule has 0 bridgehead atoms. The van der Waals surface area contributed by atoms with Gasteiger partial charge in [-0.15, -0.1) is 6.42 Å². The lowest BCUT2D eigenvalue weighted by molar-refractivity contribution is -0.0414. The van der Waals surface area contributed by atoms with Crippen LogP contribution in [-0.2, 0) is 10.3 Å². The van der Waals surface area contributed by atoms with Crippen LogP contribution in [0.2, 0.25) is 5.02 Å². The minimum absolute atomic E-state index is 0.216. The number of rotatable bonds is 6. The number of halogens is 1.